The van der Waals surface area contributed by atoms with E-state index in [1.807, 2.05) is 30.3 Å². The van der Waals surface area contributed by atoms with Crippen molar-refractivity contribution in [3.63, 3.8) is 0 Å². The van der Waals surface area contributed by atoms with E-state index in [2.05, 4.69) is 10.6 Å². The Hall–Kier alpha value is -2.77. The third-order valence-corrected chi connectivity index (χ3v) is 3.13. The molecule has 0 fully saturated rings. The number of hydrogen-bond acceptors (Lipinski definition) is 6. The molecule has 0 heterocycles. The second-order valence-corrected chi connectivity index (χ2v) is 6.65. The number of benzene rings is 1. The van der Waals surface area contributed by atoms with Gasteiger partial charge in [-0.05, 0) is 39.2 Å². The first-order valence-electron chi connectivity index (χ1n) is 8.32. The molecule has 2 N–H and O–H groups in total. The second kappa shape index (κ2) is 10.3. The molecule has 1 rings (SSSR count). The summed E-state index contributed by atoms with van der Waals surface area (Å²) in [4.78, 5) is 34.3. The van der Waals surface area contributed by atoms with E-state index in [1.165, 1.54) is 0 Å². The van der Waals surface area contributed by atoms with Crippen LogP contribution in [0.2, 0.25) is 0 Å². The number of carbonyl (C=O) groups is 3. The largest absolute Gasteiger partial charge is 0.548 e. The molecule has 0 aliphatic heterocycles. The summed E-state index contributed by atoms with van der Waals surface area (Å²) in [5.41, 5.74) is 0.131. The maximum absolute atomic E-state index is 11.6. The molecule has 0 aliphatic rings. The molecule has 0 bridgehead atoms. The Morgan fingerprint density at radius 3 is 2.35 bits per heavy atom. The van der Waals surface area contributed by atoms with Gasteiger partial charge in [-0.25, -0.2) is 9.59 Å². The highest BCUT2D eigenvalue weighted by Gasteiger charge is 2.20. The molecule has 8 heteroatoms. The average molecular weight is 365 g/mol. The Balaban J connectivity index is 2.26. The molecular formula is C18H25N2O6-. The molecule has 0 radical (unpaired) electrons. The summed E-state index contributed by atoms with van der Waals surface area (Å²) in [7, 11) is 0. The number of alkyl carbamates (subject to hydrolysis) is 2. The highest BCUT2D eigenvalue weighted by Crippen LogP contribution is 2.07. The predicted molar refractivity (Wildman–Crippen MR) is 92.0 cm³/mol. The minimum absolute atomic E-state index is 0.0839. The van der Waals surface area contributed by atoms with Crippen LogP contribution in [0.5, 0.6) is 0 Å². The summed E-state index contributed by atoms with van der Waals surface area (Å²) in [6.07, 6.45) is -1.03. The number of carboxylic acid groups (broad SMARTS) is 1. The van der Waals surface area contributed by atoms with E-state index in [-0.39, 0.29) is 19.6 Å². The van der Waals surface area contributed by atoms with Crippen molar-refractivity contribution < 1.29 is 29.0 Å². The van der Waals surface area contributed by atoms with E-state index in [0.29, 0.717) is 6.42 Å². The lowest BCUT2D eigenvalue weighted by atomic mass is 10.1. The maximum Gasteiger partial charge on any atom is 0.408 e. The summed E-state index contributed by atoms with van der Waals surface area (Å²) < 4.78 is 10.0. The Kier molecular flexibility index (Phi) is 8.41. The van der Waals surface area contributed by atoms with Gasteiger partial charge < -0.3 is 30.0 Å². The van der Waals surface area contributed by atoms with E-state index in [0.717, 1.165) is 5.56 Å². The fraction of sp³-hybridized carbons (Fsp3) is 0.500. The summed E-state index contributed by atoms with van der Waals surface area (Å²) in [5, 5.41) is 15.9. The van der Waals surface area contributed by atoms with E-state index >= 15 is 0 Å². The lowest BCUT2D eigenvalue weighted by molar-refractivity contribution is -0.308. The van der Waals surface area contributed by atoms with Crippen LogP contribution < -0.4 is 15.7 Å². The number of hydrogen-bond donors (Lipinski definition) is 2. The van der Waals surface area contributed by atoms with Crippen molar-refractivity contribution in [3.8, 4) is 0 Å². The van der Waals surface area contributed by atoms with Crippen LogP contribution in [0.25, 0.3) is 0 Å². The highest BCUT2D eigenvalue weighted by molar-refractivity contribution is 5.78. The van der Waals surface area contributed by atoms with Gasteiger partial charge in [0.15, 0.2) is 0 Å². The maximum atomic E-state index is 11.6. The van der Waals surface area contributed by atoms with Gasteiger partial charge in [0.05, 0.1) is 12.0 Å². The molecule has 1 atom stereocenters. The SMILES string of the molecule is CC(C)(C)OC(=O)N[C@H](CCCNC(=O)OCc1ccccc1)C(=O)[O-]. The van der Waals surface area contributed by atoms with Gasteiger partial charge in [-0.15, -0.1) is 0 Å². The number of nitrogens with one attached hydrogen (secondary N) is 2. The van der Waals surface area contributed by atoms with Crippen LogP contribution in [0, 0.1) is 0 Å². The van der Waals surface area contributed by atoms with Gasteiger partial charge in [0.2, 0.25) is 0 Å². The zero-order valence-corrected chi connectivity index (χ0v) is 15.2. The number of rotatable bonds is 8. The average Bonchev–Trinajstić information content (AvgIpc) is 2.54. The van der Waals surface area contributed by atoms with Crippen molar-refractivity contribution in [2.24, 2.45) is 0 Å². The number of ether oxygens (including phenoxy) is 2. The molecule has 8 nitrogen and oxygen atoms in total. The van der Waals surface area contributed by atoms with Crippen molar-refractivity contribution in [1.82, 2.24) is 10.6 Å². The fourth-order valence-corrected chi connectivity index (χ4v) is 1.97. The molecule has 0 unspecified atom stereocenters. The van der Waals surface area contributed by atoms with E-state index < -0.39 is 29.8 Å². The van der Waals surface area contributed by atoms with Gasteiger partial charge in [0.1, 0.15) is 12.2 Å². The smallest absolute Gasteiger partial charge is 0.408 e. The van der Waals surface area contributed by atoms with Gasteiger partial charge in [-0.1, -0.05) is 30.3 Å². The highest BCUT2D eigenvalue weighted by atomic mass is 16.6. The first kappa shape index (κ1) is 21.3. The standard InChI is InChI=1S/C18H26N2O6/c1-18(2,3)26-17(24)20-14(15(21)22)10-7-11-19-16(23)25-12-13-8-5-4-6-9-13/h4-6,8-9,14H,7,10-12H2,1-3H3,(H,19,23)(H,20,24)(H,21,22)/p-1/t14-/m1/s1. The third-order valence-electron chi connectivity index (χ3n) is 3.13. The lowest BCUT2D eigenvalue weighted by Gasteiger charge is -2.24. The van der Waals surface area contributed by atoms with Gasteiger partial charge in [-0.2, -0.15) is 0 Å². The van der Waals surface area contributed by atoms with E-state index in [1.54, 1.807) is 20.8 Å². The Bertz CT molecular complexity index is 597. The molecule has 2 amide bonds. The van der Waals surface area contributed by atoms with Gasteiger partial charge in [0, 0.05) is 6.54 Å². The first-order valence-corrected chi connectivity index (χ1v) is 8.32. The molecular weight excluding hydrogens is 340 g/mol. The van der Waals surface area contributed by atoms with Crippen LogP contribution in [0.4, 0.5) is 9.59 Å². The molecule has 144 valence electrons. The summed E-state index contributed by atoms with van der Waals surface area (Å²) in [5.74, 6) is -1.41. The number of aliphatic carboxylic acids is 1. The minimum atomic E-state index is -1.41. The Morgan fingerprint density at radius 2 is 1.77 bits per heavy atom. The molecule has 0 aliphatic carbocycles. The zero-order chi connectivity index (χ0) is 19.6. The molecule has 0 saturated heterocycles. The predicted octanol–water partition coefficient (Wildman–Crippen LogP) is 1.34. The third kappa shape index (κ3) is 9.51. The van der Waals surface area contributed by atoms with Crippen LogP contribution in [-0.2, 0) is 20.9 Å². The number of amides is 2. The minimum Gasteiger partial charge on any atom is -0.548 e. The molecule has 1 aromatic rings. The van der Waals surface area contributed by atoms with Crippen molar-refractivity contribution in [2.75, 3.05) is 6.54 Å². The molecule has 1 aromatic carbocycles. The number of carbonyl (C=O) groups excluding carboxylic acids is 3. The van der Waals surface area contributed by atoms with Crippen LogP contribution in [0.3, 0.4) is 0 Å². The summed E-state index contributed by atoms with van der Waals surface area (Å²) in [6.45, 7) is 5.37. The summed E-state index contributed by atoms with van der Waals surface area (Å²) in [6, 6.07) is 8.01. The van der Waals surface area contributed by atoms with Crippen molar-refractivity contribution in [3.05, 3.63) is 35.9 Å². The number of carboxylic acids is 1. The van der Waals surface area contributed by atoms with Crippen LogP contribution >= 0.6 is 0 Å². The Labute approximate surface area is 152 Å². The molecule has 26 heavy (non-hydrogen) atoms. The van der Waals surface area contributed by atoms with Crippen molar-refractivity contribution in [1.29, 1.82) is 0 Å². The van der Waals surface area contributed by atoms with Crippen LogP contribution in [-0.4, -0.2) is 36.3 Å². The van der Waals surface area contributed by atoms with Gasteiger partial charge >= 0.3 is 12.2 Å². The van der Waals surface area contributed by atoms with Crippen molar-refractivity contribution in [2.45, 2.75) is 51.9 Å². The normalized spacial score (nSPS) is 12.0. The first-order chi connectivity index (χ1) is 12.2. The van der Waals surface area contributed by atoms with Crippen molar-refractivity contribution >= 4 is 18.2 Å². The van der Waals surface area contributed by atoms with Crippen LogP contribution in [0.1, 0.15) is 39.2 Å². The van der Waals surface area contributed by atoms with E-state index in [4.69, 9.17) is 9.47 Å². The topological polar surface area (TPSA) is 117 Å². The second-order valence-electron chi connectivity index (χ2n) is 6.65. The molecule has 0 spiro atoms. The van der Waals surface area contributed by atoms with E-state index in [9.17, 15) is 19.5 Å². The van der Waals surface area contributed by atoms with Gasteiger partial charge in [0.25, 0.3) is 0 Å². The fourth-order valence-electron chi connectivity index (χ4n) is 1.97. The zero-order valence-electron chi connectivity index (χ0n) is 15.2. The van der Waals surface area contributed by atoms with Crippen LogP contribution in [0.15, 0.2) is 30.3 Å². The monoisotopic (exact) mass is 365 g/mol. The summed E-state index contributed by atoms with van der Waals surface area (Å²) >= 11 is 0. The lowest BCUT2D eigenvalue weighted by Crippen LogP contribution is -2.49. The quantitative estimate of drug-likeness (QED) is 0.671. The molecule has 0 aromatic heterocycles. The molecule has 0 saturated carbocycles. The van der Waals surface area contributed by atoms with Gasteiger partial charge in [-0.3, -0.25) is 0 Å². The Morgan fingerprint density at radius 1 is 1.12 bits per heavy atom.